The number of hydrogen-bond donors (Lipinski definition) is 2. The molecule has 3 rings (SSSR count). The molecule has 29 heavy (non-hydrogen) atoms. The van der Waals surface area contributed by atoms with Crippen LogP contribution in [0.1, 0.15) is 47.7 Å². The first-order valence-electron chi connectivity index (χ1n) is 10.5. The number of aryl methyl sites for hydroxylation is 1. The van der Waals surface area contributed by atoms with Crippen molar-refractivity contribution in [3.05, 3.63) is 51.5 Å². The van der Waals surface area contributed by atoms with E-state index in [1.54, 1.807) is 11.3 Å². The van der Waals surface area contributed by atoms with Gasteiger partial charge in [-0.3, -0.25) is 4.79 Å². The van der Waals surface area contributed by atoms with Crippen molar-refractivity contribution >= 4 is 23.2 Å². The molecule has 0 bridgehead atoms. The summed E-state index contributed by atoms with van der Waals surface area (Å²) in [5.41, 5.74) is 2.32. The number of carbonyl (C=O) groups is 1. The molecule has 0 unspecified atom stereocenters. The normalized spacial score (nSPS) is 14.5. The lowest BCUT2D eigenvalue weighted by molar-refractivity contribution is -0.128. The molecule has 1 aliphatic heterocycles. The highest BCUT2D eigenvalue weighted by Gasteiger charge is 2.19. The van der Waals surface area contributed by atoms with Crippen molar-refractivity contribution in [3.8, 4) is 0 Å². The van der Waals surface area contributed by atoms with Gasteiger partial charge >= 0.3 is 0 Å². The van der Waals surface area contributed by atoms with E-state index in [2.05, 4.69) is 53.7 Å². The van der Waals surface area contributed by atoms with Gasteiger partial charge in [-0.2, -0.15) is 0 Å². The van der Waals surface area contributed by atoms with Crippen molar-refractivity contribution in [3.63, 3.8) is 0 Å². The van der Waals surface area contributed by atoms with E-state index < -0.39 is 0 Å². The molecule has 1 fully saturated rings. The summed E-state index contributed by atoms with van der Waals surface area (Å²) in [7, 11) is 0. The highest BCUT2D eigenvalue weighted by molar-refractivity contribution is 7.11. The van der Waals surface area contributed by atoms with Crippen LogP contribution in [0.15, 0.2) is 35.5 Å². The third kappa shape index (κ3) is 6.56. The molecule has 1 aromatic heterocycles. The van der Waals surface area contributed by atoms with Gasteiger partial charge in [-0.15, -0.1) is 11.3 Å². The number of rotatable bonds is 9. The van der Waals surface area contributed by atoms with Gasteiger partial charge in [-0.1, -0.05) is 31.2 Å². The summed E-state index contributed by atoms with van der Waals surface area (Å²) in [6.45, 7) is 8.02. The maximum atomic E-state index is 11.9. The third-order valence-electron chi connectivity index (χ3n) is 4.88. The first-order valence-corrected chi connectivity index (χ1v) is 11.3. The van der Waals surface area contributed by atoms with E-state index in [9.17, 15) is 4.79 Å². The summed E-state index contributed by atoms with van der Waals surface area (Å²) >= 11 is 1.78. The number of amides is 1. The van der Waals surface area contributed by atoms with Gasteiger partial charge in [-0.05, 0) is 30.9 Å². The van der Waals surface area contributed by atoms with Crippen LogP contribution in [0.4, 0.5) is 0 Å². The number of aromatic nitrogens is 1. The van der Waals surface area contributed by atoms with E-state index in [0.29, 0.717) is 19.5 Å². The van der Waals surface area contributed by atoms with E-state index in [1.807, 2.05) is 11.1 Å². The molecule has 2 heterocycles. The van der Waals surface area contributed by atoms with E-state index in [1.165, 1.54) is 10.4 Å². The topological polar surface area (TPSA) is 69.6 Å². The SMILES string of the molecule is CCNC(=NCc1cccc(CN2CCCC2=O)c1)NCCc1ncc(CC)s1. The predicted molar refractivity (Wildman–Crippen MR) is 119 cm³/mol. The standard InChI is InChI=1S/C22H31N5OS/c1-3-19-15-25-20(29-19)10-11-24-22(23-4-2)26-14-17-7-5-8-18(13-17)16-27-12-6-9-21(27)28/h5,7-8,13,15H,3-4,6,9-12,14,16H2,1-2H3,(H2,23,24,26). The maximum Gasteiger partial charge on any atom is 0.222 e. The minimum absolute atomic E-state index is 0.262. The van der Waals surface area contributed by atoms with Crippen molar-refractivity contribution in [2.45, 2.75) is 52.6 Å². The Morgan fingerprint density at radius 1 is 1.28 bits per heavy atom. The van der Waals surface area contributed by atoms with Crippen LogP contribution < -0.4 is 10.6 Å². The number of carbonyl (C=O) groups excluding carboxylic acids is 1. The number of thiazole rings is 1. The molecule has 1 aliphatic rings. The molecule has 0 radical (unpaired) electrons. The summed E-state index contributed by atoms with van der Waals surface area (Å²) in [5, 5.41) is 7.86. The van der Waals surface area contributed by atoms with Gasteiger partial charge in [0.15, 0.2) is 5.96 Å². The van der Waals surface area contributed by atoms with Gasteiger partial charge in [0, 0.05) is 50.1 Å². The predicted octanol–water partition coefficient (Wildman–Crippen LogP) is 3.13. The number of guanidine groups is 1. The lowest BCUT2D eigenvalue weighted by Crippen LogP contribution is -2.38. The van der Waals surface area contributed by atoms with Crippen molar-refractivity contribution in [1.82, 2.24) is 20.5 Å². The molecule has 1 saturated heterocycles. The number of likely N-dealkylation sites (tertiary alicyclic amines) is 1. The van der Waals surface area contributed by atoms with Crippen molar-refractivity contribution in [2.24, 2.45) is 4.99 Å². The number of nitrogens with one attached hydrogen (secondary N) is 2. The summed E-state index contributed by atoms with van der Waals surface area (Å²) < 4.78 is 0. The van der Waals surface area contributed by atoms with Crippen LogP contribution in [0.5, 0.6) is 0 Å². The molecule has 1 aromatic carbocycles. The second-order valence-corrected chi connectivity index (χ2v) is 8.38. The quantitative estimate of drug-likeness (QED) is 0.490. The second kappa shape index (κ2) is 11.0. The Balaban J connectivity index is 1.53. The van der Waals surface area contributed by atoms with Crippen LogP contribution in [0, 0.1) is 0 Å². The lowest BCUT2D eigenvalue weighted by Gasteiger charge is -2.16. The van der Waals surface area contributed by atoms with E-state index >= 15 is 0 Å². The summed E-state index contributed by atoms with van der Waals surface area (Å²) in [5.74, 6) is 1.08. The van der Waals surface area contributed by atoms with E-state index in [4.69, 9.17) is 4.99 Å². The van der Waals surface area contributed by atoms with Gasteiger partial charge < -0.3 is 15.5 Å². The molecule has 2 N–H and O–H groups in total. The van der Waals surface area contributed by atoms with Crippen LogP contribution in [0.3, 0.4) is 0 Å². The molecule has 0 saturated carbocycles. The molecule has 7 heteroatoms. The lowest BCUT2D eigenvalue weighted by atomic mass is 10.1. The molecule has 0 atom stereocenters. The molecule has 6 nitrogen and oxygen atoms in total. The zero-order chi connectivity index (χ0) is 20.5. The summed E-state index contributed by atoms with van der Waals surface area (Å²) in [6.07, 6.45) is 5.57. The molecule has 2 aromatic rings. The smallest absolute Gasteiger partial charge is 0.222 e. The minimum Gasteiger partial charge on any atom is -0.357 e. The highest BCUT2D eigenvalue weighted by Crippen LogP contribution is 2.16. The molecule has 0 spiro atoms. The molecular formula is C22H31N5OS. The van der Waals surface area contributed by atoms with Crippen molar-refractivity contribution < 1.29 is 4.79 Å². The monoisotopic (exact) mass is 413 g/mol. The zero-order valence-electron chi connectivity index (χ0n) is 17.4. The first-order chi connectivity index (χ1) is 14.2. The average molecular weight is 414 g/mol. The number of nitrogens with zero attached hydrogens (tertiary/aromatic N) is 3. The number of benzene rings is 1. The second-order valence-electron chi connectivity index (χ2n) is 7.18. The van der Waals surface area contributed by atoms with Gasteiger partial charge in [-0.25, -0.2) is 9.98 Å². The molecule has 156 valence electrons. The van der Waals surface area contributed by atoms with Crippen molar-refractivity contribution in [2.75, 3.05) is 19.6 Å². The maximum absolute atomic E-state index is 11.9. The largest absolute Gasteiger partial charge is 0.357 e. The fraction of sp³-hybridized carbons (Fsp3) is 0.500. The van der Waals surface area contributed by atoms with Crippen LogP contribution in [-0.4, -0.2) is 41.4 Å². The Morgan fingerprint density at radius 2 is 2.14 bits per heavy atom. The number of hydrogen-bond acceptors (Lipinski definition) is 4. The Morgan fingerprint density at radius 3 is 2.86 bits per heavy atom. The first kappa shape index (κ1) is 21.3. The van der Waals surface area contributed by atoms with Crippen LogP contribution in [0.2, 0.25) is 0 Å². The molecule has 1 amide bonds. The third-order valence-corrected chi connectivity index (χ3v) is 6.08. The highest BCUT2D eigenvalue weighted by atomic mass is 32.1. The Hall–Kier alpha value is -2.41. The molecule has 0 aliphatic carbocycles. The fourth-order valence-electron chi connectivity index (χ4n) is 3.34. The van der Waals surface area contributed by atoms with Gasteiger partial charge in [0.1, 0.15) is 0 Å². The van der Waals surface area contributed by atoms with Crippen LogP contribution in [0.25, 0.3) is 0 Å². The average Bonchev–Trinajstić information content (AvgIpc) is 3.35. The molecular weight excluding hydrogens is 382 g/mol. The van der Waals surface area contributed by atoms with E-state index in [-0.39, 0.29) is 5.91 Å². The Kier molecular flexibility index (Phi) is 8.04. The summed E-state index contributed by atoms with van der Waals surface area (Å²) in [6, 6.07) is 8.38. The van der Waals surface area contributed by atoms with Gasteiger partial charge in [0.25, 0.3) is 0 Å². The van der Waals surface area contributed by atoms with Gasteiger partial charge in [0.2, 0.25) is 5.91 Å². The van der Waals surface area contributed by atoms with Crippen LogP contribution >= 0.6 is 11.3 Å². The summed E-state index contributed by atoms with van der Waals surface area (Å²) in [4.78, 5) is 24.3. The van der Waals surface area contributed by atoms with Crippen LogP contribution in [-0.2, 0) is 30.7 Å². The Labute approximate surface area is 177 Å². The zero-order valence-corrected chi connectivity index (χ0v) is 18.2. The van der Waals surface area contributed by atoms with Crippen molar-refractivity contribution in [1.29, 1.82) is 0 Å². The minimum atomic E-state index is 0.262. The Bertz CT molecular complexity index is 832. The van der Waals surface area contributed by atoms with Gasteiger partial charge in [0.05, 0.1) is 11.6 Å². The fourth-order valence-corrected chi connectivity index (χ4v) is 4.21. The van der Waals surface area contributed by atoms with E-state index in [0.717, 1.165) is 55.4 Å². The number of aliphatic imine (C=N–C) groups is 1.